The summed E-state index contributed by atoms with van der Waals surface area (Å²) in [5.74, 6) is 0.0331. The highest BCUT2D eigenvalue weighted by Gasteiger charge is 2.20. The summed E-state index contributed by atoms with van der Waals surface area (Å²) in [5, 5.41) is 14.7. The number of aromatic nitrogens is 3. The van der Waals surface area contributed by atoms with Gasteiger partial charge in [-0.2, -0.15) is 5.26 Å². The van der Waals surface area contributed by atoms with Gasteiger partial charge in [-0.15, -0.1) is 11.3 Å². The van der Waals surface area contributed by atoms with Crippen molar-refractivity contribution in [2.45, 2.75) is 6.92 Å². The van der Waals surface area contributed by atoms with Crippen LogP contribution in [-0.4, -0.2) is 27.4 Å². The van der Waals surface area contributed by atoms with Crippen molar-refractivity contribution in [2.75, 3.05) is 12.4 Å². The Kier molecular flexibility index (Phi) is 6.43. The molecule has 0 saturated carbocycles. The summed E-state index contributed by atoms with van der Waals surface area (Å²) in [7, 11) is 3.33. The van der Waals surface area contributed by atoms with Crippen molar-refractivity contribution in [1.29, 1.82) is 5.26 Å². The van der Waals surface area contributed by atoms with Gasteiger partial charge in [-0.1, -0.05) is 30.3 Å². The van der Waals surface area contributed by atoms with Crippen LogP contribution in [0.25, 0.3) is 22.3 Å². The number of para-hydroxylation sites is 1. The third-order valence-electron chi connectivity index (χ3n) is 5.29. The van der Waals surface area contributed by atoms with Crippen LogP contribution in [0, 0.1) is 18.3 Å². The van der Waals surface area contributed by atoms with Gasteiger partial charge in [0.2, 0.25) is 0 Å². The molecule has 0 aliphatic rings. The van der Waals surface area contributed by atoms with Crippen molar-refractivity contribution in [2.24, 2.45) is 7.05 Å². The number of ether oxygens (including phenoxy) is 1. The van der Waals surface area contributed by atoms with Crippen LogP contribution in [0.1, 0.15) is 11.4 Å². The maximum atomic E-state index is 13.0. The SMILES string of the molecule is COc1cccc(-c2nc(/C=C(/C#N)C(=O)Nc3c(C)n(C)n(-c4ccccc4)c3=O)cs2)c1. The largest absolute Gasteiger partial charge is 0.497 e. The minimum atomic E-state index is -0.676. The fourth-order valence-electron chi connectivity index (χ4n) is 3.43. The molecule has 1 amide bonds. The number of nitriles is 1. The highest BCUT2D eigenvalue weighted by Crippen LogP contribution is 2.27. The number of carbonyl (C=O) groups excluding carboxylic acids is 1. The molecule has 0 saturated heterocycles. The third-order valence-corrected chi connectivity index (χ3v) is 6.20. The van der Waals surface area contributed by atoms with E-state index in [0.29, 0.717) is 22.8 Å². The first-order valence-electron chi connectivity index (χ1n) is 10.3. The van der Waals surface area contributed by atoms with Crippen molar-refractivity contribution in [3.8, 4) is 28.1 Å². The molecule has 2 heterocycles. The molecule has 0 unspecified atom stereocenters. The van der Waals surface area contributed by atoms with Crippen molar-refractivity contribution < 1.29 is 9.53 Å². The highest BCUT2D eigenvalue weighted by atomic mass is 32.1. The molecule has 1 N–H and O–H groups in total. The topological polar surface area (TPSA) is 102 Å². The first-order chi connectivity index (χ1) is 16.4. The zero-order valence-electron chi connectivity index (χ0n) is 18.8. The minimum absolute atomic E-state index is 0.118. The molecule has 0 aliphatic heterocycles. The quantitative estimate of drug-likeness (QED) is 0.336. The van der Waals surface area contributed by atoms with E-state index in [2.05, 4.69) is 10.3 Å². The number of anilines is 1. The fraction of sp³-hybridized carbons (Fsp3) is 0.120. The van der Waals surface area contributed by atoms with Gasteiger partial charge in [-0.05, 0) is 37.3 Å². The number of hydrogen-bond donors (Lipinski definition) is 1. The van der Waals surface area contributed by atoms with E-state index in [9.17, 15) is 14.9 Å². The summed E-state index contributed by atoms with van der Waals surface area (Å²) >= 11 is 1.39. The van der Waals surface area contributed by atoms with Crippen LogP contribution in [0.5, 0.6) is 5.75 Å². The third kappa shape index (κ3) is 4.40. The predicted molar refractivity (Wildman–Crippen MR) is 132 cm³/mol. The Labute approximate surface area is 200 Å². The number of amides is 1. The summed E-state index contributed by atoms with van der Waals surface area (Å²) < 4.78 is 8.37. The van der Waals surface area contributed by atoms with E-state index in [-0.39, 0.29) is 16.8 Å². The molecule has 0 aliphatic carbocycles. The van der Waals surface area contributed by atoms with Gasteiger partial charge in [-0.25, -0.2) is 9.67 Å². The van der Waals surface area contributed by atoms with Gasteiger partial charge in [0.25, 0.3) is 11.5 Å². The lowest BCUT2D eigenvalue weighted by molar-refractivity contribution is -0.112. The summed E-state index contributed by atoms with van der Waals surface area (Å²) in [5.41, 5.74) is 2.15. The number of nitrogens with zero attached hydrogens (tertiary/aromatic N) is 4. The van der Waals surface area contributed by atoms with Gasteiger partial charge in [0, 0.05) is 18.0 Å². The van der Waals surface area contributed by atoms with E-state index in [0.717, 1.165) is 10.6 Å². The van der Waals surface area contributed by atoms with Gasteiger partial charge in [-0.3, -0.25) is 14.3 Å². The molecule has 34 heavy (non-hydrogen) atoms. The number of thiazole rings is 1. The smallest absolute Gasteiger partial charge is 0.295 e. The first kappa shape index (κ1) is 22.8. The molecular formula is C25H21N5O3S. The minimum Gasteiger partial charge on any atom is -0.497 e. The average molecular weight is 472 g/mol. The summed E-state index contributed by atoms with van der Waals surface area (Å²) in [4.78, 5) is 30.4. The Balaban J connectivity index is 1.61. The van der Waals surface area contributed by atoms with Crippen LogP contribution < -0.4 is 15.6 Å². The van der Waals surface area contributed by atoms with Gasteiger partial charge in [0.1, 0.15) is 28.1 Å². The van der Waals surface area contributed by atoms with Gasteiger partial charge in [0.15, 0.2) is 0 Å². The standard InChI is InChI=1S/C25H21N5O3S/c1-16-22(25(32)30(29(16)2)20-9-5-4-6-10-20)28-23(31)18(14-26)12-19-15-34-24(27-19)17-8-7-11-21(13-17)33-3/h4-13,15H,1-3H3,(H,28,31)/b18-12-. The molecule has 2 aromatic heterocycles. The molecule has 0 spiro atoms. The van der Waals surface area contributed by atoms with E-state index in [1.807, 2.05) is 48.5 Å². The van der Waals surface area contributed by atoms with Crippen LogP contribution in [-0.2, 0) is 11.8 Å². The fourth-order valence-corrected chi connectivity index (χ4v) is 4.21. The zero-order valence-corrected chi connectivity index (χ0v) is 19.6. The first-order valence-corrected chi connectivity index (χ1v) is 11.2. The lowest BCUT2D eigenvalue weighted by Crippen LogP contribution is -2.23. The number of nitrogens with one attached hydrogen (secondary N) is 1. The Morgan fingerprint density at radius 2 is 1.97 bits per heavy atom. The molecule has 0 bridgehead atoms. The van der Waals surface area contributed by atoms with Gasteiger partial charge >= 0.3 is 0 Å². The molecule has 170 valence electrons. The van der Waals surface area contributed by atoms with E-state index < -0.39 is 5.91 Å². The second kappa shape index (κ2) is 9.60. The Morgan fingerprint density at radius 3 is 2.68 bits per heavy atom. The maximum Gasteiger partial charge on any atom is 0.295 e. The molecule has 4 rings (SSSR count). The second-order valence-electron chi connectivity index (χ2n) is 7.37. The second-order valence-corrected chi connectivity index (χ2v) is 8.23. The molecule has 0 radical (unpaired) electrons. The molecule has 9 heteroatoms. The van der Waals surface area contributed by atoms with Crippen molar-refractivity contribution in [3.05, 3.63) is 87.3 Å². The lowest BCUT2D eigenvalue weighted by Gasteiger charge is -2.07. The number of methoxy groups -OCH3 is 1. The average Bonchev–Trinajstić information content (AvgIpc) is 3.41. The summed E-state index contributed by atoms with van der Waals surface area (Å²) in [6.07, 6.45) is 1.41. The molecule has 0 atom stereocenters. The number of benzene rings is 2. The molecular weight excluding hydrogens is 450 g/mol. The molecule has 2 aromatic carbocycles. The number of rotatable bonds is 6. The van der Waals surface area contributed by atoms with Crippen molar-refractivity contribution in [1.82, 2.24) is 14.3 Å². The summed E-state index contributed by atoms with van der Waals surface area (Å²) in [6, 6.07) is 18.5. The van der Waals surface area contributed by atoms with Gasteiger partial charge < -0.3 is 10.1 Å². The highest BCUT2D eigenvalue weighted by molar-refractivity contribution is 7.13. The number of carbonyl (C=O) groups is 1. The molecule has 0 fully saturated rings. The Morgan fingerprint density at radius 1 is 1.21 bits per heavy atom. The van der Waals surface area contributed by atoms with Gasteiger partial charge in [0.05, 0.1) is 24.2 Å². The van der Waals surface area contributed by atoms with Crippen molar-refractivity contribution >= 4 is 29.0 Å². The lowest BCUT2D eigenvalue weighted by atomic mass is 10.2. The van der Waals surface area contributed by atoms with E-state index in [1.165, 1.54) is 22.1 Å². The Bertz CT molecular complexity index is 1490. The van der Waals surface area contributed by atoms with E-state index in [4.69, 9.17) is 4.74 Å². The van der Waals surface area contributed by atoms with Crippen LogP contribution >= 0.6 is 11.3 Å². The Hall–Kier alpha value is -4.42. The molecule has 8 nitrogen and oxygen atoms in total. The monoisotopic (exact) mass is 471 g/mol. The normalized spacial score (nSPS) is 11.2. The van der Waals surface area contributed by atoms with Crippen LogP contribution in [0.2, 0.25) is 0 Å². The number of hydrogen-bond acceptors (Lipinski definition) is 6. The maximum absolute atomic E-state index is 13.0. The predicted octanol–water partition coefficient (Wildman–Crippen LogP) is 4.16. The van der Waals surface area contributed by atoms with Crippen LogP contribution in [0.4, 0.5) is 5.69 Å². The van der Waals surface area contributed by atoms with E-state index >= 15 is 0 Å². The van der Waals surface area contributed by atoms with Crippen molar-refractivity contribution in [3.63, 3.8) is 0 Å². The zero-order chi connectivity index (χ0) is 24.2. The molecule has 4 aromatic rings. The van der Waals surface area contributed by atoms with E-state index in [1.54, 1.807) is 43.3 Å². The van der Waals surface area contributed by atoms with Crippen LogP contribution in [0.15, 0.2) is 70.3 Å². The van der Waals surface area contributed by atoms with Crippen LogP contribution in [0.3, 0.4) is 0 Å². The summed E-state index contributed by atoms with van der Waals surface area (Å²) in [6.45, 7) is 1.73.